The van der Waals surface area contributed by atoms with Gasteiger partial charge in [0.2, 0.25) is 5.91 Å². The highest BCUT2D eigenvalue weighted by molar-refractivity contribution is 9.10. The molecule has 1 aromatic rings. The number of nitrogens with zero attached hydrogens (tertiary/aromatic N) is 2. The molecule has 0 atom stereocenters. The Labute approximate surface area is 90.0 Å². The molecule has 0 bridgehead atoms. The quantitative estimate of drug-likeness (QED) is 0.883. The van der Waals surface area contributed by atoms with Crippen molar-refractivity contribution in [2.24, 2.45) is 0 Å². The summed E-state index contributed by atoms with van der Waals surface area (Å²) in [6.07, 6.45) is 3.31. The van der Waals surface area contributed by atoms with Gasteiger partial charge in [0.25, 0.3) is 0 Å². The molecule has 1 aromatic heterocycles. The standard InChI is InChI=1S/C8H10BrN3O2/c1-14-3-2-8(13)12-7-5-10-6(9)4-11-7/h4-5H,2-3H2,1H3,(H,11,12,13). The normalized spacial score (nSPS) is 9.86. The van der Waals surface area contributed by atoms with Gasteiger partial charge in [-0.3, -0.25) is 4.79 Å². The number of hydrogen-bond acceptors (Lipinski definition) is 4. The Morgan fingerprint density at radius 1 is 1.57 bits per heavy atom. The molecule has 76 valence electrons. The molecule has 14 heavy (non-hydrogen) atoms. The third kappa shape index (κ3) is 3.80. The van der Waals surface area contributed by atoms with Crippen LogP contribution in [-0.2, 0) is 9.53 Å². The summed E-state index contributed by atoms with van der Waals surface area (Å²) in [5.74, 6) is 0.303. The van der Waals surface area contributed by atoms with Crippen LogP contribution >= 0.6 is 15.9 Å². The third-order valence-corrected chi connectivity index (χ3v) is 1.83. The van der Waals surface area contributed by atoms with Gasteiger partial charge in [-0.25, -0.2) is 9.97 Å². The first-order chi connectivity index (χ1) is 6.72. The fourth-order valence-corrected chi connectivity index (χ4v) is 0.982. The fourth-order valence-electron chi connectivity index (χ4n) is 0.777. The lowest BCUT2D eigenvalue weighted by Crippen LogP contribution is -2.14. The first kappa shape index (κ1) is 11.1. The van der Waals surface area contributed by atoms with Crippen molar-refractivity contribution in [2.45, 2.75) is 6.42 Å². The van der Waals surface area contributed by atoms with Gasteiger partial charge in [-0.1, -0.05) is 0 Å². The van der Waals surface area contributed by atoms with Gasteiger partial charge in [0.05, 0.1) is 25.4 Å². The summed E-state index contributed by atoms with van der Waals surface area (Å²) < 4.78 is 5.40. The van der Waals surface area contributed by atoms with Crippen molar-refractivity contribution in [2.75, 3.05) is 19.0 Å². The lowest BCUT2D eigenvalue weighted by Gasteiger charge is -2.02. The highest BCUT2D eigenvalue weighted by Gasteiger charge is 2.02. The summed E-state index contributed by atoms with van der Waals surface area (Å²) in [6, 6.07) is 0. The zero-order valence-electron chi connectivity index (χ0n) is 7.66. The van der Waals surface area contributed by atoms with Crippen molar-refractivity contribution in [1.82, 2.24) is 9.97 Å². The van der Waals surface area contributed by atoms with E-state index in [-0.39, 0.29) is 5.91 Å². The Morgan fingerprint density at radius 3 is 2.93 bits per heavy atom. The van der Waals surface area contributed by atoms with Crippen LogP contribution in [0.5, 0.6) is 0 Å². The molecule has 0 saturated carbocycles. The Hall–Kier alpha value is -1.01. The molecule has 0 fully saturated rings. The highest BCUT2D eigenvalue weighted by Crippen LogP contribution is 2.06. The van der Waals surface area contributed by atoms with Gasteiger partial charge in [0, 0.05) is 7.11 Å². The number of rotatable bonds is 4. The Bertz CT molecular complexity index is 302. The van der Waals surface area contributed by atoms with Gasteiger partial charge in [0.1, 0.15) is 4.60 Å². The molecule has 0 aliphatic rings. The van der Waals surface area contributed by atoms with Gasteiger partial charge >= 0.3 is 0 Å². The van der Waals surface area contributed by atoms with Crippen LogP contribution in [0.2, 0.25) is 0 Å². The van der Waals surface area contributed by atoms with Crippen LogP contribution in [-0.4, -0.2) is 29.6 Å². The fraction of sp³-hybridized carbons (Fsp3) is 0.375. The average Bonchev–Trinajstić information content (AvgIpc) is 2.18. The minimum atomic E-state index is -0.136. The molecule has 0 aliphatic carbocycles. The molecule has 6 heteroatoms. The van der Waals surface area contributed by atoms with E-state index in [1.54, 1.807) is 7.11 Å². The van der Waals surface area contributed by atoms with E-state index in [0.717, 1.165) is 0 Å². The molecule has 1 N–H and O–H groups in total. The number of aromatic nitrogens is 2. The minimum Gasteiger partial charge on any atom is -0.384 e. The van der Waals surface area contributed by atoms with E-state index in [1.807, 2.05) is 0 Å². The van der Waals surface area contributed by atoms with Crippen LogP contribution in [0, 0.1) is 0 Å². The average molecular weight is 260 g/mol. The topological polar surface area (TPSA) is 64.1 Å². The van der Waals surface area contributed by atoms with E-state index >= 15 is 0 Å². The van der Waals surface area contributed by atoms with E-state index in [1.165, 1.54) is 12.4 Å². The molecular formula is C8H10BrN3O2. The second kappa shape index (κ2) is 5.66. The molecule has 0 aromatic carbocycles. The van der Waals surface area contributed by atoms with Crippen molar-refractivity contribution >= 4 is 27.7 Å². The number of halogens is 1. The molecule has 1 rings (SSSR count). The maximum absolute atomic E-state index is 11.2. The first-order valence-electron chi connectivity index (χ1n) is 3.98. The summed E-state index contributed by atoms with van der Waals surface area (Å²) >= 11 is 3.15. The Morgan fingerprint density at radius 2 is 2.36 bits per heavy atom. The van der Waals surface area contributed by atoms with E-state index in [0.29, 0.717) is 23.4 Å². The van der Waals surface area contributed by atoms with Gasteiger partial charge in [-0.15, -0.1) is 0 Å². The third-order valence-electron chi connectivity index (χ3n) is 1.42. The van der Waals surface area contributed by atoms with Gasteiger partial charge in [-0.05, 0) is 15.9 Å². The van der Waals surface area contributed by atoms with Gasteiger partial charge in [0.15, 0.2) is 5.82 Å². The van der Waals surface area contributed by atoms with Gasteiger partial charge < -0.3 is 10.1 Å². The number of hydrogen-bond donors (Lipinski definition) is 1. The molecule has 5 nitrogen and oxygen atoms in total. The summed E-state index contributed by atoms with van der Waals surface area (Å²) in [4.78, 5) is 19.1. The zero-order valence-corrected chi connectivity index (χ0v) is 9.24. The smallest absolute Gasteiger partial charge is 0.227 e. The Balaban J connectivity index is 2.44. The zero-order chi connectivity index (χ0) is 10.4. The number of methoxy groups -OCH3 is 1. The predicted molar refractivity (Wildman–Crippen MR) is 54.9 cm³/mol. The monoisotopic (exact) mass is 259 g/mol. The van der Waals surface area contributed by atoms with E-state index < -0.39 is 0 Å². The molecule has 0 aliphatic heterocycles. The highest BCUT2D eigenvalue weighted by atomic mass is 79.9. The van der Waals surface area contributed by atoms with Crippen LogP contribution in [0.25, 0.3) is 0 Å². The van der Waals surface area contributed by atoms with Gasteiger partial charge in [-0.2, -0.15) is 0 Å². The second-order valence-corrected chi connectivity index (χ2v) is 3.33. The largest absolute Gasteiger partial charge is 0.384 e. The van der Waals surface area contributed by atoms with Crippen molar-refractivity contribution in [3.8, 4) is 0 Å². The number of carbonyl (C=O) groups is 1. The van der Waals surface area contributed by atoms with E-state index in [2.05, 4.69) is 31.2 Å². The maximum Gasteiger partial charge on any atom is 0.227 e. The van der Waals surface area contributed by atoms with Crippen LogP contribution in [0.1, 0.15) is 6.42 Å². The molecule has 0 radical (unpaired) electrons. The molecule has 1 heterocycles. The van der Waals surface area contributed by atoms with Crippen LogP contribution in [0.3, 0.4) is 0 Å². The summed E-state index contributed by atoms with van der Waals surface area (Å²) in [5.41, 5.74) is 0. The second-order valence-electron chi connectivity index (χ2n) is 2.52. The first-order valence-corrected chi connectivity index (χ1v) is 4.78. The van der Waals surface area contributed by atoms with Crippen LogP contribution in [0.4, 0.5) is 5.82 Å². The van der Waals surface area contributed by atoms with E-state index in [9.17, 15) is 4.79 Å². The summed E-state index contributed by atoms with van der Waals surface area (Å²) in [7, 11) is 1.55. The molecule has 0 saturated heterocycles. The molecule has 0 unspecified atom stereocenters. The van der Waals surface area contributed by atoms with Crippen molar-refractivity contribution < 1.29 is 9.53 Å². The number of anilines is 1. The minimum absolute atomic E-state index is 0.136. The molecular weight excluding hydrogens is 250 g/mol. The van der Waals surface area contributed by atoms with Crippen molar-refractivity contribution in [3.05, 3.63) is 17.0 Å². The maximum atomic E-state index is 11.2. The van der Waals surface area contributed by atoms with Crippen LogP contribution in [0.15, 0.2) is 17.0 Å². The van der Waals surface area contributed by atoms with E-state index in [4.69, 9.17) is 4.74 Å². The summed E-state index contributed by atoms with van der Waals surface area (Å²) in [6.45, 7) is 0.399. The molecule has 0 spiro atoms. The summed E-state index contributed by atoms with van der Waals surface area (Å²) in [5, 5.41) is 2.59. The number of carbonyl (C=O) groups excluding carboxylic acids is 1. The number of amides is 1. The predicted octanol–water partition coefficient (Wildman–Crippen LogP) is 1.21. The lowest BCUT2D eigenvalue weighted by atomic mass is 10.4. The number of nitrogens with one attached hydrogen (secondary N) is 1. The molecule has 1 amide bonds. The Kier molecular flexibility index (Phi) is 4.48. The van der Waals surface area contributed by atoms with Crippen LogP contribution < -0.4 is 5.32 Å². The van der Waals surface area contributed by atoms with Crippen molar-refractivity contribution in [1.29, 1.82) is 0 Å². The lowest BCUT2D eigenvalue weighted by molar-refractivity contribution is -0.117. The number of ether oxygens (including phenoxy) is 1. The van der Waals surface area contributed by atoms with Crippen molar-refractivity contribution in [3.63, 3.8) is 0 Å². The SMILES string of the molecule is COCCC(=O)Nc1cnc(Br)cn1.